The Morgan fingerprint density at radius 1 is 1.00 bits per heavy atom. The Labute approximate surface area is 118 Å². The highest BCUT2D eigenvalue weighted by Gasteiger charge is 2.09. The van der Waals surface area contributed by atoms with Gasteiger partial charge in [0.05, 0.1) is 16.9 Å². The van der Waals surface area contributed by atoms with E-state index in [1.807, 2.05) is 6.07 Å². The van der Waals surface area contributed by atoms with Crippen LogP contribution in [0.1, 0.15) is 0 Å². The fourth-order valence-corrected chi connectivity index (χ4v) is 2.45. The molecule has 1 aromatic carbocycles. The lowest BCUT2D eigenvalue weighted by molar-refractivity contribution is 0.942. The fraction of sp³-hybridized carbons (Fsp3) is 0. The Hall–Kier alpha value is -1.29. The second-order valence-corrected chi connectivity index (χ2v) is 4.92. The Kier molecular flexibility index (Phi) is 2.90. The number of fused-ring (bicyclic) bond motifs is 1. The molecule has 2 heterocycles. The zero-order valence-electron chi connectivity index (χ0n) is 8.94. The molecule has 0 unspecified atom stereocenters. The van der Waals surface area contributed by atoms with E-state index in [9.17, 15) is 0 Å². The van der Waals surface area contributed by atoms with Crippen LogP contribution < -0.4 is 0 Å². The molecule has 0 N–H and O–H groups in total. The minimum absolute atomic E-state index is 0.478. The van der Waals surface area contributed by atoms with Crippen LogP contribution >= 0.6 is 34.8 Å². The van der Waals surface area contributed by atoms with E-state index in [1.54, 1.807) is 35.0 Å². The van der Waals surface area contributed by atoms with Gasteiger partial charge in [-0.25, -0.2) is 9.50 Å². The molecule has 2 aromatic heterocycles. The monoisotopic (exact) mass is 297 g/mol. The average molecular weight is 299 g/mol. The molecule has 0 aliphatic heterocycles. The van der Waals surface area contributed by atoms with E-state index < -0.39 is 0 Å². The largest absolute Gasteiger partial charge is 0.228 e. The third-order valence-corrected chi connectivity index (χ3v) is 3.34. The topological polar surface area (TPSA) is 30.2 Å². The minimum atomic E-state index is 0.478. The van der Waals surface area contributed by atoms with Crippen molar-refractivity contribution in [3.05, 3.63) is 51.7 Å². The zero-order chi connectivity index (χ0) is 12.7. The highest BCUT2D eigenvalue weighted by Crippen LogP contribution is 2.30. The molecule has 3 aromatic rings. The molecule has 0 bridgehead atoms. The van der Waals surface area contributed by atoms with Gasteiger partial charge in [-0.05, 0) is 18.2 Å². The quantitative estimate of drug-likeness (QED) is 0.625. The maximum atomic E-state index is 6.15. The van der Waals surface area contributed by atoms with Gasteiger partial charge in [0.2, 0.25) is 0 Å². The summed E-state index contributed by atoms with van der Waals surface area (Å²) in [6, 6.07) is 8.75. The molecule has 0 saturated carbocycles. The summed E-state index contributed by atoms with van der Waals surface area (Å²) in [5, 5.41) is 5.66. The maximum Gasteiger partial charge on any atom is 0.157 e. The zero-order valence-corrected chi connectivity index (χ0v) is 11.2. The summed E-state index contributed by atoms with van der Waals surface area (Å²) < 4.78 is 1.55. The summed E-state index contributed by atoms with van der Waals surface area (Å²) >= 11 is 18.1. The Bertz CT molecular complexity index is 737. The Balaban J connectivity index is 2.24. The van der Waals surface area contributed by atoms with E-state index in [4.69, 9.17) is 34.8 Å². The Morgan fingerprint density at radius 2 is 1.83 bits per heavy atom. The first-order valence-electron chi connectivity index (χ1n) is 5.11. The molecule has 0 spiro atoms. The molecular formula is C12H6Cl3N3. The van der Waals surface area contributed by atoms with Crippen LogP contribution in [0.25, 0.3) is 16.9 Å². The molecule has 0 radical (unpaired) electrons. The second-order valence-electron chi connectivity index (χ2n) is 3.69. The third kappa shape index (κ3) is 1.94. The van der Waals surface area contributed by atoms with Crippen molar-refractivity contribution in [2.24, 2.45) is 0 Å². The van der Waals surface area contributed by atoms with Crippen molar-refractivity contribution in [3.8, 4) is 11.3 Å². The normalized spacial score (nSPS) is 11.1. The fourth-order valence-electron chi connectivity index (χ4n) is 1.71. The van der Waals surface area contributed by atoms with Crippen LogP contribution in [-0.4, -0.2) is 14.6 Å². The number of halogens is 3. The van der Waals surface area contributed by atoms with Crippen LogP contribution in [0, 0.1) is 0 Å². The highest BCUT2D eigenvalue weighted by molar-refractivity contribution is 6.36. The van der Waals surface area contributed by atoms with E-state index in [0.717, 1.165) is 5.56 Å². The van der Waals surface area contributed by atoms with E-state index >= 15 is 0 Å². The molecule has 0 atom stereocenters. The van der Waals surface area contributed by atoms with Gasteiger partial charge in [0.1, 0.15) is 5.15 Å². The van der Waals surface area contributed by atoms with Crippen molar-refractivity contribution >= 4 is 40.4 Å². The van der Waals surface area contributed by atoms with E-state index in [-0.39, 0.29) is 0 Å². The van der Waals surface area contributed by atoms with E-state index in [1.165, 1.54) is 0 Å². The second kappa shape index (κ2) is 4.43. The average Bonchev–Trinajstić information content (AvgIpc) is 2.77. The summed E-state index contributed by atoms with van der Waals surface area (Å²) in [6.07, 6.45) is 1.64. The molecule has 3 nitrogen and oxygen atoms in total. The first-order valence-corrected chi connectivity index (χ1v) is 6.24. The minimum Gasteiger partial charge on any atom is -0.228 e. The first-order chi connectivity index (χ1) is 8.65. The molecular weight excluding hydrogens is 293 g/mol. The number of hydrogen-bond acceptors (Lipinski definition) is 2. The van der Waals surface area contributed by atoms with Gasteiger partial charge in [-0.2, -0.15) is 5.10 Å². The van der Waals surface area contributed by atoms with Crippen molar-refractivity contribution in [3.63, 3.8) is 0 Å². The van der Waals surface area contributed by atoms with Crippen molar-refractivity contribution in [1.29, 1.82) is 0 Å². The van der Waals surface area contributed by atoms with Gasteiger partial charge in [0.15, 0.2) is 5.65 Å². The maximum absolute atomic E-state index is 6.15. The smallest absolute Gasteiger partial charge is 0.157 e. The summed E-state index contributed by atoms with van der Waals surface area (Å²) in [7, 11) is 0. The van der Waals surface area contributed by atoms with Gasteiger partial charge < -0.3 is 0 Å². The summed E-state index contributed by atoms with van der Waals surface area (Å²) in [6.45, 7) is 0. The number of rotatable bonds is 1. The summed E-state index contributed by atoms with van der Waals surface area (Å²) in [5.41, 5.74) is 2.14. The lowest BCUT2D eigenvalue weighted by atomic mass is 10.1. The lowest BCUT2D eigenvalue weighted by Gasteiger charge is -2.06. The molecule has 0 aliphatic carbocycles. The molecule has 18 heavy (non-hydrogen) atoms. The van der Waals surface area contributed by atoms with E-state index in [2.05, 4.69) is 10.1 Å². The number of aromatic nitrogens is 3. The van der Waals surface area contributed by atoms with Crippen LogP contribution in [0.5, 0.6) is 0 Å². The SMILES string of the molecule is Clc1ccc(-c2cc(Cl)n3nccc3n2)c(Cl)c1. The summed E-state index contributed by atoms with van der Waals surface area (Å²) in [5.74, 6) is 0. The number of benzene rings is 1. The molecule has 0 saturated heterocycles. The predicted octanol–water partition coefficient (Wildman–Crippen LogP) is 4.36. The summed E-state index contributed by atoms with van der Waals surface area (Å²) in [4.78, 5) is 4.45. The van der Waals surface area contributed by atoms with Crippen LogP contribution in [0.4, 0.5) is 0 Å². The molecule has 0 aliphatic rings. The molecule has 0 fully saturated rings. The lowest BCUT2D eigenvalue weighted by Crippen LogP contribution is -1.94. The standard InChI is InChI=1S/C12H6Cl3N3/c13-7-1-2-8(9(14)5-7)10-6-11(15)18-12(17-10)3-4-16-18/h1-6H. The molecule has 0 amide bonds. The van der Waals surface area contributed by atoms with Crippen molar-refractivity contribution in [1.82, 2.24) is 14.6 Å². The Morgan fingerprint density at radius 3 is 2.61 bits per heavy atom. The highest BCUT2D eigenvalue weighted by atomic mass is 35.5. The third-order valence-electron chi connectivity index (χ3n) is 2.52. The molecule has 3 rings (SSSR count). The van der Waals surface area contributed by atoms with Crippen molar-refractivity contribution in [2.45, 2.75) is 0 Å². The van der Waals surface area contributed by atoms with Crippen molar-refractivity contribution < 1.29 is 0 Å². The number of hydrogen-bond donors (Lipinski definition) is 0. The van der Waals surface area contributed by atoms with Gasteiger partial charge in [-0.15, -0.1) is 0 Å². The van der Waals surface area contributed by atoms with Gasteiger partial charge in [0.25, 0.3) is 0 Å². The molecule has 6 heteroatoms. The molecule has 90 valence electrons. The van der Waals surface area contributed by atoms with Gasteiger partial charge in [-0.1, -0.05) is 34.8 Å². The van der Waals surface area contributed by atoms with Crippen LogP contribution in [0.15, 0.2) is 36.5 Å². The van der Waals surface area contributed by atoms with Crippen LogP contribution in [0.2, 0.25) is 15.2 Å². The predicted molar refractivity (Wildman–Crippen MR) is 73.5 cm³/mol. The number of nitrogens with zero attached hydrogens (tertiary/aromatic N) is 3. The van der Waals surface area contributed by atoms with E-state index in [0.29, 0.717) is 26.5 Å². The van der Waals surface area contributed by atoms with Gasteiger partial charge >= 0.3 is 0 Å². The first kappa shape index (κ1) is 11.8. The van der Waals surface area contributed by atoms with Crippen LogP contribution in [-0.2, 0) is 0 Å². The van der Waals surface area contributed by atoms with Crippen molar-refractivity contribution in [2.75, 3.05) is 0 Å². The van der Waals surface area contributed by atoms with Crippen LogP contribution in [0.3, 0.4) is 0 Å². The van der Waals surface area contributed by atoms with Gasteiger partial charge in [0, 0.05) is 22.7 Å². The van der Waals surface area contributed by atoms with Gasteiger partial charge in [-0.3, -0.25) is 0 Å².